The SMILES string of the molecule is NC(=O)C1CCN(C(=O)[C@H]2CN3CCC2C[C@@H]3Cn2cc(-c3cccc(N)c3)nn2)CC1. The molecule has 4 aliphatic rings. The fourth-order valence-electron chi connectivity index (χ4n) is 5.66. The van der Waals surface area contributed by atoms with Crippen molar-refractivity contribution in [3.05, 3.63) is 30.5 Å². The van der Waals surface area contributed by atoms with Crippen molar-refractivity contribution in [2.45, 2.75) is 38.3 Å². The fraction of sp³-hybridized carbons (Fsp3) is 0.565. The van der Waals surface area contributed by atoms with Crippen LogP contribution in [0.3, 0.4) is 0 Å². The van der Waals surface area contributed by atoms with Gasteiger partial charge in [0.1, 0.15) is 5.69 Å². The predicted octanol–water partition coefficient (Wildman–Crippen LogP) is 0.962. The van der Waals surface area contributed by atoms with E-state index in [0.717, 1.165) is 43.7 Å². The van der Waals surface area contributed by atoms with Gasteiger partial charge in [0.2, 0.25) is 11.8 Å². The van der Waals surface area contributed by atoms with E-state index in [1.54, 1.807) is 0 Å². The van der Waals surface area contributed by atoms with Gasteiger partial charge < -0.3 is 16.4 Å². The molecule has 4 atom stereocenters. The van der Waals surface area contributed by atoms with Crippen molar-refractivity contribution in [3.8, 4) is 11.3 Å². The number of carbonyl (C=O) groups is 2. The van der Waals surface area contributed by atoms with Gasteiger partial charge in [-0.3, -0.25) is 19.2 Å². The van der Waals surface area contributed by atoms with Crippen molar-refractivity contribution >= 4 is 17.5 Å². The van der Waals surface area contributed by atoms with E-state index in [9.17, 15) is 9.59 Å². The van der Waals surface area contributed by atoms with Gasteiger partial charge in [0, 0.05) is 42.8 Å². The van der Waals surface area contributed by atoms with E-state index in [1.807, 2.05) is 40.0 Å². The van der Waals surface area contributed by atoms with Crippen LogP contribution in [0.5, 0.6) is 0 Å². The minimum atomic E-state index is -0.241. The number of aromatic nitrogens is 3. The van der Waals surface area contributed by atoms with Crippen molar-refractivity contribution in [1.82, 2.24) is 24.8 Å². The highest BCUT2D eigenvalue weighted by atomic mass is 16.2. The maximum Gasteiger partial charge on any atom is 0.227 e. The van der Waals surface area contributed by atoms with Gasteiger partial charge in [-0.1, -0.05) is 17.3 Å². The second-order valence-corrected chi connectivity index (χ2v) is 9.49. The van der Waals surface area contributed by atoms with Crippen LogP contribution in [0.15, 0.2) is 30.5 Å². The molecule has 2 amide bonds. The van der Waals surface area contributed by atoms with Crippen LogP contribution in [-0.4, -0.2) is 68.8 Å². The number of carbonyl (C=O) groups excluding carboxylic acids is 2. The first-order valence-electron chi connectivity index (χ1n) is 11.6. The lowest BCUT2D eigenvalue weighted by Gasteiger charge is -2.50. The van der Waals surface area contributed by atoms with Crippen LogP contribution in [0.1, 0.15) is 25.7 Å². The molecule has 0 aliphatic carbocycles. The van der Waals surface area contributed by atoms with E-state index in [1.165, 1.54) is 0 Å². The van der Waals surface area contributed by atoms with Gasteiger partial charge in [-0.25, -0.2) is 0 Å². The molecule has 9 nitrogen and oxygen atoms in total. The molecule has 32 heavy (non-hydrogen) atoms. The molecule has 170 valence electrons. The first kappa shape index (κ1) is 20.9. The summed E-state index contributed by atoms with van der Waals surface area (Å²) in [6.45, 7) is 3.90. The standard InChI is InChI=1S/C23H31N7O2/c24-18-3-1-2-17(10-18)21-14-30(27-26-21)12-19-11-16-6-9-29(19)13-20(16)23(32)28-7-4-15(5-8-28)22(25)31/h1-3,10,14-16,19-20H,4-9,11-13,24H2,(H2,25,31)/t16?,19-,20+/m1/s1. The van der Waals surface area contributed by atoms with Crippen molar-refractivity contribution in [1.29, 1.82) is 0 Å². The molecule has 2 unspecified atom stereocenters. The van der Waals surface area contributed by atoms with E-state index in [-0.39, 0.29) is 23.7 Å². The van der Waals surface area contributed by atoms with E-state index >= 15 is 0 Å². The normalized spacial score (nSPS) is 28.1. The number of rotatable bonds is 5. The van der Waals surface area contributed by atoms with E-state index in [0.29, 0.717) is 43.6 Å². The van der Waals surface area contributed by atoms with Crippen LogP contribution in [-0.2, 0) is 16.1 Å². The molecule has 0 saturated carbocycles. The van der Waals surface area contributed by atoms with Crippen LogP contribution in [0.25, 0.3) is 11.3 Å². The number of amides is 2. The highest BCUT2D eigenvalue weighted by Crippen LogP contribution is 2.38. The molecule has 2 bridgehead atoms. The number of nitrogens with zero attached hydrogens (tertiary/aromatic N) is 5. The van der Waals surface area contributed by atoms with Gasteiger partial charge in [-0.15, -0.1) is 5.10 Å². The molecule has 1 aromatic carbocycles. The molecule has 4 fully saturated rings. The molecular weight excluding hydrogens is 406 g/mol. The molecule has 2 aromatic rings. The number of nitrogens with two attached hydrogens (primary N) is 2. The number of piperidine rings is 4. The second-order valence-electron chi connectivity index (χ2n) is 9.49. The monoisotopic (exact) mass is 437 g/mol. The number of hydrogen-bond acceptors (Lipinski definition) is 6. The third-order valence-electron chi connectivity index (χ3n) is 7.52. The molecular formula is C23H31N7O2. The number of anilines is 1. The highest BCUT2D eigenvalue weighted by Gasteiger charge is 2.45. The average molecular weight is 438 g/mol. The zero-order valence-electron chi connectivity index (χ0n) is 18.3. The third kappa shape index (κ3) is 4.09. The van der Waals surface area contributed by atoms with Gasteiger partial charge in [0.25, 0.3) is 0 Å². The molecule has 4 aliphatic heterocycles. The molecule has 4 saturated heterocycles. The van der Waals surface area contributed by atoms with Gasteiger partial charge in [-0.05, 0) is 50.3 Å². The molecule has 9 heteroatoms. The van der Waals surface area contributed by atoms with Crippen molar-refractivity contribution in [3.63, 3.8) is 0 Å². The van der Waals surface area contributed by atoms with Gasteiger partial charge in [0.05, 0.1) is 18.7 Å². The zero-order valence-corrected chi connectivity index (χ0v) is 18.3. The largest absolute Gasteiger partial charge is 0.399 e. The Morgan fingerprint density at radius 3 is 2.62 bits per heavy atom. The summed E-state index contributed by atoms with van der Waals surface area (Å²) in [6.07, 6.45) is 5.42. The fourth-order valence-corrected chi connectivity index (χ4v) is 5.66. The molecule has 0 spiro atoms. The molecule has 5 heterocycles. The van der Waals surface area contributed by atoms with Crippen molar-refractivity contribution < 1.29 is 9.59 Å². The number of likely N-dealkylation sites (tertiary alicyclic amines) is 1. The summed E-state index contributed by atoms with van der Waals surface area (Å²) in [5.41, 5.74) is 13.8. The molecule has 6 rings (SSSR count). The van der Waals surface area contributed by atoms with Gasteiger partial charge in [-0.2, -0.15) is 0 Å². The lowest BCUT2D eigenvalue weighted by atomic mass is 9.74. The quantitative estimate of drug-likeness (QED) is 0.672. The minimum absolute atomic E-state index is 0.0590. The Morgan fingerprint density at radius 1 is 1.12 bits per heavy atom. The van der Waals surface area contributed by atoms with E-state index < -0.39 is 0 Å². The number of fused-ring (bicyclic) bond motifs is 3. The van der Waals surface area contributed by atoms with Crippen LogP contribution in [0, 0.1) is 17.8 Å². The van der Waals surface area contributed by atoms with Crippen LogP contribution >= 0.6 is 0 Å². The molecule has 1 aromatic heterocycles. The zero-order chi connectivity index (χ0) is 22.2. The van der Waals surface area contributed by atoms with Crippen LogP contribution < -0.4 is 11.5 Å². The second kappa shape index (κ2) is 8.54. The summed E-state index contributed by atoms with van der Waals surface area (Å²) in [5, 5.41) is 8.66. The summed E-state index contributed by atoms with van der Waals surface area (Å²) >= 11 is 0. The van der Waals surface area contributed by atoms with Crippen molar-refractivity contribution in [2.24, 2.45) is 23.5 Å². The Balaban J connectivity index is 1.20. The number of nitrogen functional groups attached to an aromatic ring is 1. The summed E-state index contributed by atoms with van der Waals surface area (Å²) in [7, 11) is 0. The maximum atomic E-state index is 13.2. The summed E-state index contributed by atoms with van der Waals surface area (Å²) in [4.78, 5) is 29.0. The number of hydrogen-bond donors (Lipinski definition) is 2. The Bertz CT molecular complexity index is 998. The molecule has 4 N–H and O–H groups in total. The first-order valence-corrected chi connectivity index (χ1v) is 11.6. The maximum absolute atomic E-state index is 13.2. The lowest BCUT2D eigenvalue weighted by Crippen LogP contribution is -2.59. The van der Waals surface area contributed by atoms with Crippen molar-refractivity contribution in [2.75, 3.05) is 31.9 Å². The summed E-state index contributed by atoms with van der Waals surface area (Å²) in [6, 6.07) is 8.04. The Kier molecular flexibility index (Phi) is 5.58. The predicted molar refractivity (Wildman–Crippen MR) is 120 cm³/mol. The minimum Gasteiger partial charge on any atom is -0.399 e. The smallest absolute Gasteiger partial charge is 0.227 e. The van der Waals surface area contributed by atoms with Gasteiger partial charge >= 0.3 is 0 Å². The average Bonchev–Trinajstić information content (AvgIpc) is 3.27. The number of benzene rings is 1. The number of primary amides is 1. The first-order chi connectivity index (χ1) is 15.5. The van der Waals surface area contributed by atoms with E-state index in [2.05, 4.69) is 15.2 Å². The Labute approximate surface area is 187 Å². The summed E-state index contributed by atoms with van der Waals surface area (Å²) in [5.74, 6) is 0.391. The summed E-state index contributed by atoms with van der Waals surface area (Å²) < 4.78 is 1.91. The Morgan fingerprint density at radius 2 is 1.94 bits per heavy atom. The van der Waals surface area contributed by atoms with Crippen LogP contribution in [0.4, 0.5) is 5.69 Å². The third-order valence-corrected chi connectivity index (χ3v) is 7.52. The topological polar surface area (TPSA) is 123 Å². The lowest BCUT2D eigenvalue weighted by molar-refractivity contribution is -0.146. The van der Waals surface area contributed by atoms with E-state index in [4.69, 9.17) is 11.5 Å². The van der Waals surface area contributed by atoms with Crippen LogP contribution in [0.2, 0.25) is 0 Å². The van der Waals surface area contributed by atoms with Gasteiger partial charge in [0.15, 0.2) is 0 Å². The highest BCUT2D eigenvalue weighted by molar-refractivity contribution is 5.81. The Hall–Kier alpha value is -2.94. The molecule has 0 radical (unpaired) electrons.